The van der Waals surface area contributed by atoms with Crippen molar-refractivity contribution in [1.29, 1.82) is 0 Å². The van der Waals surface area contributed by atoms with Crippen LogP contribution >= 0.6 is 0 Å². The van der Waals surface area contributed by atoms with Gasteiger partial charge in [0.25, 0.3) is 0 Å². The van der Waals surface area contributed by atoms with E-state index in [1.165, 1.54) is 0 Å². The molecule has 5 rings (SSSR count). The highest BCUT2D eigenvalue weighted by Gasteiger charge is 2.42. The summed E-state index contributed by atoms with van der Waals surface area (Å²) in [6.07, 6.45) is 2.84. The molecular formula is C32H37N5O3. The average molecular weight is 540 g/mol. The Bertz CT molecular complexity index is 1450. The first-order chi connectivity index (χ1) is 19.5. The van der Waals surface area contributed by atoms with Crippen molar-refractivity contribution in [1.82, 2.24) is 15.3 Å². The van der Waals surface area contributed by atoms with Gasteiger partial charge in [-0.3, -0.25) is 4.79 Å². The molecule has 0 aliphatic carbocycles. The third-order valence-electron chi connectivity index (χ3n) is 8.00. The molecule has 0 unspecified atom stereocenters. The Morgan fingerprint density at radius 3 is 2.23 bits per heavy atom. The first-order valence-corrected chi connectivity index (χ1v) is 13.8. The lowest BCUT2D eigenvalue weighted by Gasteiger charge is -2.41. The molecule has 1 atom stereocenters. The Morgan fingerprint density at radius 2 is 1.60 bits per heavy atom. The number of aromatic nitrogens is 2. The van der Waals surface area contributed by atoms with Crippen molar-refractivity contribution in [3.63, 3.8) is 0 Å². The molecule has 1 fully saturated rings. The molecule has 0 saturated carbocycles. The average Bonchev–Trinajstić information content (AvgIpc) is 3.00. The fraction of sp³-hybridized carbons (Fsp3) is 0.344. The summed E-state index contributed by atoms with van der Waals surface area (Å²) in [6, 6.07) is 24.0. The quantitative estimate of drug-likeness (QED) is 0.297. The summed E-state index contributed by atoms with van der Waals surface area (Å²) >= 11 is 0. The molecule has 40 heavy (non-hydrogen) atoms. The fourth-order valence-electron chi connectivity index (χ4n) is 5.63. The predicted molar refractivity (Wildman–Crippen MR) is 159 cm³/mol. The molecule has 1 aromatic heterocycles. The molecular weight excluding hydrogens is 502 g/mol. The second-order valence-electron chi connectivity index (χ2n) is 10.4. The van der Waals surface area contributed by atoms with Gasteiger partial charge >= 0.3 is 0 Å². The molecule has 0 spiro atoms. The molecule has 3 aromatic carbocycles. The summed E-state index contributed by atoms with van der Waals surface area (Å²) in [4.78, 5) is 25.6. The fourth-order valence-corrected chi connectivity index (χ4v) is 5.63. The van der Waals surface area contributed by atoms with Crippen molar-refractivity contribution in [2.75, 3.05) is 37.9 Å². The molecule has 4 aromatic rings. The zero-order valence-corrected chi connectivity index (χ0v) is 23.4. The van der Waals surface area contributed by atoms with Crippen molar-refractivity contribution in [3.8, 4) is 11.5 Å². The number of hydrogen-bond acceptors (Lipinski definition) is 7. The first-order valence-electron chi connectivity index (χ1n) is 13.8. The number of nitrogens with two attached hydrogens (primary N) is 1. The minimum Gasteiger partial charge on any atom is -0.493 e. The summed E-state index contributed by atoms with van der Waals surface area (Å²) in [5, 5.41) is 4.10. The van der Waals surface area contributed by atoms with Gasteiger partial charge in [-0.1, -0.05) is 67.6 Å². The Morgan fingerprint density at radius 1 is 0.975 bits per heavy atom. The number of ether oxygens (including phenoxy) is 2. The van der Waals surface area contributed by atoms with E-state index in [0.29, 0.717) is 66.5 Å². The van der Waals surface area contributed by atoms with Crippen LogP contribution in [-0.4, -0.2) is 43.2 Å². The minimum absolute atomic E-state index is 0.0324. The summed E-state index contributed by atoms with van der Waals surface area (Å²) in [7, 11) is 3.18. The normalized spacial score (nSPS) is 15.4. The van der Waals surface area contributed by atoms with Crippen molar-refractivity contribution in [2.24, 2.45) is 5.41 Å². The molecule has 1 aliphatic rings. The zero-order valence-electron chi connectivity index (χ0n) is 23.4. The highest BCUT2D eigenvalue weighted by atomic mass is 16.5. The summed E-state index contributed by atoms with van der Waals surface area (Å²) in [5.41, 5.74) is 8.80. The van der Waals surface area contributed by atoms with Gasteiger partial charge in [0.2, 0.25) is 11.9 Å². The van der Waals surface area contributed by atoms with Crippen LogP contribution in [0, 0.1) is 5.41 Å². The monoisotopic (exact) mass is 539 g/mol. The van der Waals surface area contributed by atoms with E-state index in [4.69, 9.17) is 20.2 Å². The molecule has 208 valence electrons. The van der Waals surface area contributed by atoms with Gasteiger partial charge < -0.3 is 25.4 Å². The number of hydrogen-bond donors (Lipinski definition) is 2. The first kappa shape index (κ1) is 27.2. The van der Waals surface area contributed by atoms with Crippen molar-refractivity contribution in [2.45, 2.75) is 38.6 Å². The van der Waals surface area contributed by atoms with Crippen LogP contribution in [0.1, 0.15) is 43.4 Å². The Hall–Kier alpha value is -4.33. The van der Waals surface area contributed by atoms with E-state index in [1.54, 1.807) is 20.3 Å². The minimum atomic E-state index is -0.543. The van der Waals surface area contributed by atoms with Crippen LogP contribution in [0.5, 0.6) is 11.5 Å². The van der Waals surface area contributed by atoms with Crippen molar-refractivity contribution < 1.29 is 14.3 Å². The maximum Gasteiger partial charge on any atom is 0.227 e. The molecule has 8 heteroatoms. The lowest BCUT2D eigenvalue weighted by atomic mass is 9.72. The van der Waals surface area contributed by atoms with E-state index >= 15 is 0 Å². The third kappa shape index (κ3) is 5.52. The summed E-state index contributed by atoms with van der Waals surface area (Å²) in [5.74, 6) is 2.20. The highest BCUT2D eigenvalue weighted by molar-refractivity contribution is 5.92. The largest absolute Gasteiger partial charge is 0.493 e. The van der Waals surface area contributed by atoms with Crippen LogP contribution in [0.3, 0.4) is 0 Å². The molecule has 3 N–H and O–H groups in total. The maximum absolute atomic E-state index is 14.1. The number of rotatable bonds is 9. The molecule has 1 amide bonds. The van der Waals surface area contributed by atoms with E-state index in [0.717, 1.165) is 17.5 Å². The molecule has 1 saturated heterocycles. The number of methoxy groups -OCH3 is 2. The number of carbonyl (C=O) groups excluding carboxylic acids is 1. The molecule has 1 aliphatic heterocycles. The van der Waals surface area contributed by atoms with Crippen LogP contribution in [-0.2, 0) is 11.2 Å². The lowest BCUT2D eigenvalue weighted by molar-refractivity contribution is -0.133. The smallest absolute Gasteiger partial charge is 0.227 e. The number of fused-ring (bicyclic) bond motifs is 1. The molecule has 2 heterocycles. The van der Waals surface area contributed by atoms with Crippen LogP contribution in [0.2, 0.25) is 0 Å². The summed E-state index contributed by atoms with van der Waals surface area (Å²) in [6.45, 7) is 3.39. The molecule has 0 bridgehead atoms. The summed E-state index contributed by atoms with van der Waals surface area (Å²) < 4.78 is 10.9. The standard InChI is InChI=1S/C32H37N5O3/c1-4-25(23-13-9-6-10-14-23)34-30(38)32(21-22-11-7-5-8-12-22)15-17-37(18-16-32)31-35-26-20-28(40-3)27(39-2)19-24(26)29(33)36-31/h5-14,19-20,25H,4,15-18,21H2,1-3H3,(H,34,38)(H2,33,35,36)/t25-/m0/s1. The number of benzene rings is 3. The van der Waals surface area contributed by atoms with E-state index in [2.05, 4.69) is 46.4 Å². The van der Waals surface area contributed by atoms with Crippen LogP contribution in [0.4, 0.5) is 11.8 Å². The molecule has 8 nitrogen and oxygen atoms in total. The van der Waals surface area contributed by atoms with E-state index < -0.39 is 5.41 Å². The van der Waals surface area contributed by atoms with Crippen molar-refractivity contribution in [3.05, 3.63) is 83.9 Å². The number of nitrogens with zero attached hydrogens (tertiary/aromatic N) is 3. The predicted octanol–water partition coefficient (Wildman–Crippen LogP) is 5.33. The topological polar surface area (TPSA) is 103 Å². The number of piperidine rings is 1. The lowest BCUT2D eigenvalue weighted by Crippen LogP contribution is -2.51. The second kappa shape index (κ2) is 11.8. The number of carbonyl (C=O) groups is 1. The highest BCUT2D eigenvalue weighted by Crippen LogP contribution is 2.39. The Balaban J connectivity index is 1.41. The van der Waals surface area contributed by atoms with Gasteiger partial charge in [-0.2, -0.15) is 4.98 Å². The van der Waals surface area contributed by atoms with Gasteiger partial charge in [0.15, 0.2) is 11.5 Å². The molecule has 0 radical (unpaired) electrons. The van der Waals surface area contributed by atoms with Crippen LogP contribution in [0.25, 0.3) is 10.9 Å². The van der Waals surface area contributed by atoms with E-state index in [-0.39, 0.29) is 11.9 Å². The number of amides is 1. The number of anilines is 2. The zero-order chi connectivity index (χ0) is 28.1. The Labute approximate surface area is 235 Å². The van der Waals surface area contributed by atoms with Gasteiger partial charge in [-0.25, -0.2) is 4.98 Å². The van der Waals surface area contributed by atoms with Gasteiger partial charge in [-0.05, 0) is 42.9 Å². The van der Waals surface area contributed by atoms with Crippen LogP contribution < -0.4 is 25.4 Å². The van der Waals surface area contributed by atoms with Gasteiger partial charge in [-0.15, -0.1) is 0 Å². The SMILES string of the molecule is CC[C@H](NC(=O)C1(Cc2ccccc2)CCN(c2nc(N)c3cc(OC)c(OC)cc3n2)CC1)c1ccccc1. The third-order valence-corrected chi connectivity index (χ3v) is 8.00. The maximum atomic E-state index is 14.1. The van der Waals surface area contributed by atoms with E-state index in [1.807, 2.05) is 42.5 Å². The second-order valence-corrected chi connectivity index (χ2v) is 10.4. The Kier molecular flexibility index (Phi) is 8.05. The van der Waals surface area contributed by atoms with Gasteiger partial charge in [0, 0.05) is 24.5 Å². The van der Waals surface area contributed by atoms with Crippen molar-refractivity contribution >= 4 is 28.6 Å². The van der Waals surface area contributed by atoms with Gasteiger partial charge in [0.05, 0.1) is 31.2 Å². The van der Waals surface area contributed by atoms with Gasteiger partial charge in [0.1, 0.15) is 5.82 Å². The van der Waals surface area contributed by atoms with Crippen LogP contribution in [0.15, 0.2) is 72.8 Å². The van der Waals surface area contributed by atoms with E-state index in [9.17, 15) is 4.79 Å². The number of nitrogen functional groups attached to an aromatic ring is 1. The number of nitrogens with one attached hydrogen (secondary N) is 1.